The fraction of sp³-hybridized carbons (Fsp3) is 0.438. The van der Waals surface area contributed by atoms with E-state index in [1.807, 2.05) is 41.3 Å². The summed E-state index contributed by atoms with van der Waals surface area (Å²) in [6, 6.07) is 22.0. The van der Waals surface area contributed by atoms with Crippen LogP contribution in [-0.2, 0) is 22.4 Å². The molecule has 3 aromatic carbocycles. The number of amides is 1. The van der Waals surface area contributed by atoms with E-state index in [0.29, 0.717) is 31.6 Å². The number of carbonyl (C=O) groups is 2. The molecule has 0 aliphatic rings. The summed E-state index contributed by atoms with van der Waals surface area (Å²) in [5.41, 5.74) is 0.789. The summed E-state index contributed by atoms with van der Waals surface area (Å²) in [5, 5.41) is 11.9. The molecule has 0 heterocycles. The van der Waals surface area contributed by atoms with Gasteiger partial charge >= 0.3 is 5.97 Å². The van der Waals surface area contributed by atoms with E-state index in [2.05, 4.69) is 31.2 Å². The lowest BCUT2D eigenvalue weighted by Gasteiger charge is -2.25. The van der Waals surface area contributed by atoms with Crippen LogP contribution in [0.3, 0.4) is 0 Å². The molecule has 3 rings (SSSR count). The number of benzene rings is 3. The first kappa shape index (κ1) is 28.2. The molecule has 0 bridgehead atoms. The number of ether oxygens (including phenoxy) is 1. The van der Waals surface area contributed by atoms with E-state index in [0.717, 1.165) is 35.9 Å². The highest BCUT2D eigenvalue weighted by Crippen LogP contribution is 2.23. The maximum Gasteiger partial charge on any atom is 0.347 e. The molecule has 1 unspecified atom stereocenters. The van der Waals surface area contributed by atoms with Crippen LogP contribution in [-0.4, -0.2) is 40.6 Å². The fourth-order valence-electron chi connectivity index (χ4n) is 4.46. The highest BCUT2D eigenvalue weighted by molar-refractivity contribution is 5.85. The second-order valence-corrected chi connectivity index (χ2v) is 10.0. The van der Waals surface area contributed by atoms with Crippen molar-refractivity contribution >= 4 is 22.6 Å². The predicted molar refractivity (Wildman–Crippen MR) is 150 cm³/mol. The van der Waals surface area contributed by atoms with E-state index >= 15 is 0 Å². The Morgan fingerprint density at radius 3 is 2.32 bits per heavy atom. The van der Waals surface area contributed by atoms with Crippen molar-refractivity contribution in [2.45, 2.75) is 77.7 Å². The van der Waals surface area contributed by atoms with Crippen molar-refractivity contribution in [3.63, 3.8) is 0 Å². The van der Waals surface area contributed by atoms with Crippen LogP contribution in [0.15, 0.2) is 66.7 Å². The van der Waals surface area contributed by atoms with Gasteiger partial charge < -0.3 is 14.7 Å². The van der Waals surface area contributed by atoms with Crippen molar-refractivity contribution < 1.29 is 19.4 Å². The number of carbonyl (C=O) groups excluding carboxylic acids is 1. The molecule has 0 saturated heterocycles. The number of hydrogen-bond acceptors (Lipinski definition) is 3. The summed E-state index contributed by atoms with van der Waals surface area (Å²) in [7, 11) is 0. The molecule has 0 saturated carbocycles. The lowest BCUT2D eigenvalue weighted by atomic mass is 10.0. The van der Waals surface area contributed by atoms with E-state index in [1.165, 1.54) is 24.6 Å². The summed E-state index contributed by atoms with van der Waals surface area (Å²) in [4.78, 5) is 27.0. The minimum absolute atomic E-state index is 0.141. The monoisotopic (exact) mass is 503 g/mol. The van der Waals surface area contributed by atoms with Crippen molar-refractivity contribution in [1.29, 1.82) is 0 Å². The topological polar surface area (TPSA) is 66.8 Å². The zero-order valence-electron chi connectivity index (χ0n) is 22.5. The molecule has 37 heavy (non-hydrogen) atoms. The molecular weight excluding hydrogens is 462 g/mol. The Morgan fingerprint density at radius 1 is 0.838 bits per heavy atom. The molecule has 0 aliphatic carbocycles. The number of carboxylic acid groups (broad SMARTS) is 1. The van der Waals surface area contributed by atoms with Crippen LogP contribution in [0.1, 0.15) is 70.4 Å². The van der Waals surface area contributed by atoms with Crippen LogP contribution < -0.4 is 4.74 Å². The number of carboxylic acids is 1. The van der Waals surface area contributed by atoms with Gasteiger partial charge in [-0.25, -0.2) is 4.79 Å². The highest BCUT2D eigenvalue weighted by Gasteiger charge is 2.33. The van der Waals surface area contributed by atoms with Gasteiger partial charge in [-0.15, -0.1) is 0 Å². The van der Waals surface area contributed by atoms with E-state index in [4.69, 9.17) is 4.74 Å². The van der Waals surface area contributed by atoms with Gasteiger partial charge in [0.05, 0.1) is 6.42 Å². The lowest BCUT2D eigenvalue weighted by Crippen LogP contribution is -2.40. The van der Waals surface area contributed by atoms with Gasteiger partial charge in [0, 0.05) is 13.1 Å². The summed E-state index contributed by atoms with van der Waals surface area (Å²) in [5.74, 6) is -0.297. The predicted octanol–water partition coefficient (Wildman–Crippen LogP) is 7.06. The third-order valence-electron chi connectivity index (χ3n) is 7.09. The van der Waals surface area contributed by atoms with Crippen LogP contribution in [0, 0.1) is 0 Å². The standard InChI is InChI=1S/C32H41NO4/c1-4-6-7-8-11-20-33(30(34)24-26-17-18-27-14-9-10-15-28(27)22-26)21-19-25-13-12-16-29(23-25)37-32(3,5-2)31(35)36/h9-10,12-18,22-23H,4-8,11,19-21,24H2,1-3H3,(H,35,36). The van der Waals surface area contributed by atoms with E-state index in [-0.39, 0.29) is 5.91 Å². The number of rotatable bonds is 15. The van der Waals surface area contributed by atoms with E-state index in [1.54, 1.807) is 19.9 Å². The minimum Gasteiger partial charge on any atom is -0.478 e. The van der Waals surface area contributed by atoms with Crippen LogP contribution in [0.2, 0.25) is 0 Å². The molecule has 1 amide bonds. The third kappa shape index (κ3) is 8.34. The minimum atomic E-state index is -1.26. The molecule has 3 aromatic rings. The number of unbranched alkanes of at least 4 members (excludes halogenated alkanes) is 4. The van der Waals surface area contributed by atoms with Gasteiger partial charge in [-0.1, -0.05) is 94.1 Å². The highest BCUT2D eigenvalue weighted by atomic mass is 16.5. The van der Waals surface area contributed by atoms with Crippen LogP contribution in [0.4, 0.5) is 0 Å². The Morgan fingerprint density at radius 2 is 1.59 bits per heavy atom. The lowest BCUT2D eigenvalue weighted by molar-refractivity contribution is -0.154. The Hall–Kier alpha value is -3.34. The van der Waals surface area contributed by atoms with Gasteiger partial charge in [0.15, 0.2) is 0 Å². The Bertz CT molecular complexity index is 1170. The molecule has 0 radical (unpaired) electrons. The zero-order chi connectivity index (χ0) is 26.7. The smallest absolute Gasteiger partial charge is 0.347 e. The van der Waals surface area contributed by atoms with Gasteiger partial charge in [0.2, 0.25) is 11.5 Å². The number of hydrogen-bond donors (Lipinski definition) is 1. The average molecular weight is 504 g/mol. The number of aliphatic carboxylic acids is 1. The van der Waals surface area contributed by atoms with Crippen LogP contribution in [0.25, 0.3) is 10.8 Å². The summed E-state index contributed by atoms with van der Waals surface area (Å²) < 4.78 is 5.84. The first-order valence-electron chi connectivity index (χ1n) is 13.6. The fourth-order valence-corrected chi connectivity index (χ4v) is 4.46. The summed E-state index contributed by atoms with van der Waals surface area (Å²) >= 11 is 0. The van der Waals surface area contributed by atoms with Gasteiger partial charge in [-0.3, -0.25) is 4.79 Å². The van der Waals surface area contributed by atoms with Crippen LogP contribution >= 0.6 is 0 Å². The molecule has 0 aromatic heterocycles. The molecule has 1 atom stereocenters. The third-order valence-corrected chi connectivity index (χ3v) is 7.09. The summed E-state index contributed by atoms with van der Waals surface area (Å²) in [6.45, 7) is 6.97. The van der Waals surface area contributed by atoms with Crippen LogP contribution in [0.5, 0.6) is 5.75 Å². The largest absolute Gasteiger partial charge is 0.478 e. The van der Waals surface area contributed by atoms with E-state index < -0.39 is 11.6 Å². The second-order valence-electron chi connectivity index (χ2n) is 10.0. The molecule has 5 heteroatoms. The van der Waals surface area contributed by atoms with Crippen molar-refractivity contribution in [2.24, 2.45) is 0 Å². The number of fused-ring (bicyclic) bond motifs is 1. The second kappa shape index (κ2) is 13.8. The SMILES string of the molecule is CCCCCCCN(CCc1cccc(OC(C)(CC)C(=O)O)c1)C(=O)Cc1ccc2ccccc2c1. The first-order valence-corrected chi connectivity index (χ1v) is 13.6. The van der Waals surface area contributed by atoms with Gasteiger partial charge in [-0.05, 0) is 60.2 Å². The molecule has 1 N–H and O–H groups in total. The van der Waals surface area contributed by atoms with Crippen molar-refractivity contribution in [3.05, 3.63) is 77.9 Å². The van der Waals surface area contributed by atoms with Gasteiger partial charge in [0.25, 0.3) is 0 Å². The Kier molecular flexibility index (Phi) is 10.6. The maximum atomic E-state index is 13.4. The first-order chi connectivity index (χ1) is 17.8. The molecule has 5 nitrogen and oxygen atoms in total. The molecular formula is C32H41NO4. The maximum absolute atomic E-state index is 13.4. The molecule has 0 spiro atoms. The molecule has 0 fully saturated rings. The van der Waals surface area contributed by atoms with Gasteiger partial charge in [-0.2, -0.15) is 0 Å². The van der Waals surface area contributed by atoms with Crippen molar-refractivity contribution in [3.8, 4) is 5.75 Å². The van der Waals surface area contributed by atoms with Crippen molar-refractivity contribution in [2.75, 3.05) is 13.1 Å². The Balaban J connectivity index is 1.68. The normalized spacial score (nSPS) is 12.7. The van der Waals surface area contributed by atoms with E-state index in [9.17, 15) is 14.7 Å². The van der Waals surface area contributed by atoms with Gasteiger partial charge in [0.1, 0.15) is 5.75 Å². The average Bonchev–Trinajstić information content (AvgIpc) is 2.90. The number of nitrogens with zero attached hydrogens (tertiary/aromatic N) is 1. The van der Waals surface area contributed by atoms with Crippen molar-refractivity contribution in [1.82, 2.24) is 4.90 Å². The molecule has 198 valence electrons. The summed E-state index contributed by atoms with van der Waals surface area (Å²) in [6.07, 6.45) is 7.18. The Labute approximate surface area is 221 Å². The molecule has 0 aliphatic heterocycles. The quantitative estimate of drug-likeness (QED) is 0.226. The zero-order valence-corrected chi connectivity index (χ0v) is 22.5.